The molecule has 1 aromatic heterocycles. The topological polar surface area (TPSA) is 54.7 Å². The first-order chi connectivity index (χ1) is 9.04. The molecule has 3 heteroatoms. The van der Waals surface area contributed by atoms with E-state index in [0.29, 0.717) is 0 Å². The predicted molar refractivity (Wildman–Crippen MR) is 80.2 cm³/mol. The molecule has 0 amide bonds. The van der Waals surface area contributed by atoms with Gasteiger partial charge in [0.25, 0.3) is 0 Å². The van der Waals surface area contributed by atoms with Gasteiger partial charge in [-0.15, -0.1) is 0 Å². The number of hydrogen-bond acceptors (Lipinski definition) is 2. The molecule has 0 unspecified atom stereocenters. The summed E-state index contributed by atoms with van der Waals surface area (Å²) in [7, 11) is 0. The Morgan fingerprint density at radius 2 is 1.68 bits per heavy atom. The van der Waals surface area contributed by atoms with Crippen molar-refractivity contribution in [3.63, 3.8) is 0 Å². The summed E-state index contributed by atoms with van der Waals surface area (Å²) in [5.74, 6) is 0.892. The second-order valence-corrected chi connectivity index (χ2v) is 5.11. The lowest BCUT2D eigenvalue weighted by molar-refractivity contribution is 1.32. The van der Waals surface area contributed by atoms with E-state index in [-0.39, 0.29) is 0 Å². The lowest BCUT2D eigenvalue weighted by atomic mass is 10.1. The number of H-pyrrole nitrogens is 1. The van der Waals surface area contributed by atoms with Crippen molar-refractivity contribution in [3.8, 4) is 11.4 Å². The number of anilines is 1. The molecule has 0 radical (unpaired) electrons. The molecule has 0 saturated heterocycles. The molecule has 0 aliphatic heterocycles. The maximum absolute atomic E-state index is 5.85. The van der Waals surface area contributed by atoms with E-state index in [9.17, 15) is 0 Å². The average molecular weight is 251 g/mol. The Morgan fingerprint density at radius 3 is 2.42 bits per heavy atom. The summed E-state index contributed by atoms with van der Waals surface area (Å²) in [6.45, 7) is 6.23. The molecule has 0 aliphatic carbocycles. The van der Waals surface area contributed by atoms with Crippen LogP contribution in [0, 0.1) is 20.8 Å². The first kappa shape index (κ1) is 11.8. The maximum Gasteiger partial charge on any atom is 0.138 e. The van der Waals surface area contributed by atoms with Gasteiger partial charge in [-0.3, -0.25) is 0 Å². The molecule has 3 nitrogen and oxygen atoms in total. The zero-order valence-corrected chi connectivity index (χ0v) is 11.4. The van der Waals surface area contributed by atoms with Gasteiger partial charge in [0.1, 0.15) is 5.82 Å². The van der Waals surface area contributed by atoms with Crippen LogP contribution in [-0.2, 0) is 0 Å². The Labute approximate surface area is 112 Å². The molecule has 0 saturated carbocycles. The number of nitrogen functional groups attached to an aromatic ring is 1. The average Bonchev–Trinajstić information content (AvgIpc) is 2.76. The van der Waals surface area contributed by atoms with Gasteiger partial charge in [0.15, 0.2) is 0 Å². The number of nitrogens with two attached hydrogens (primary N) is 1. The number of nitrogens with zero attached hydrogens (tertiary/aromatic N) is 1. The molecule has 19 heavy (non-hydrogen) atoms. The smallest absolute Gasteiger partial charge is 0.138 e. The monoisotopic (exact) mass is 251 g/mol. The second-order valence-electron chi connectivity index (χ2n) is 5.11. The van der Waals surface area contributed by atoms with E-state index in [1.54, 1.807) is 0 Å². The summed E-state index contributed by atoms with van der Waals surface area (Å²) in [4.78, 5) is 8.03. The van der Waals surface area contributed by atoms with Crippen molar-refractivity contribution in [1.29, 1.82) is 0 Å². The number of fused-ring (bicyclic) bond motifs is 1. The summed E-state index contributed by atoms with van der Waals surface area (Å²) in [5, 5.41) is 0. The van der Waals surface area contributed by atoms with E-state index in [2.05, 4.69) is 42.0 Å². The fourth-order valence-corrected chi connectivity index (χ4v) is 2.23. The van der Waals surface area contributed by atoms with Crippen molar-refractivity contribution in [2.45, 2.75) is 20.8 Å². The number of hydrogen-bond donors (Lipinski definition) is 2. The number of benzene rings is 2. The number of aryl methyl sites for hydroxylation is 3. The van der Waals surface area contributed by atoms with Crippen LogP contribution in [0.2, 0.25) is 0 Å². The van der Waals surface area contributed by atoms with Crippen molar-refractivity contribution in [2.75, 3.05) is 5.73 Å². The van der Waals surface area contributed by atoms with Gasteiger partial charge >= 0.3 is 0 Å². The zero-order chi connectivity index (χ0) is 13.6. The summed E-state index contributed by atoms with van der Waals surface area (Å²) >= 11 is 0. The first-order valence-corrected chi connectivity index (χ1v) is 6.38. The van der Waals surface area contributed by atoms with Crippen LogP contribution in [0.5, 0.6) is 0 Å². The molecule has 1 heterocycles. The molecule has 0 fully saturated rings. The van der Waals surface area contributed by atoms with Crippen molar-refractivity contribution in [1.82, 2.24) is 9.97 Å². The fraction of sp³-hybridized carbons (Fsp3) is 0.188. The van der Waals surface area contributed by atoms with Gasteiger partial charge in [0, 0.05) is 11.3 Å². The minimum atomic E-state index is 0.812. The molecule has 0 spiro atoms. The van der Waals surface area contributed by atoms with E-state index < -0.39 is 0 Å². The second kappa shape index (κ2) is 4.12. The highest BCUT2D eigenvalue weighted by Crippen LogP contribution is 2.25. The van der Waals surface area contributed by atoms with E-state index in [0.717, 1.165) is 33.7 Å². The Balaban J connectivity index is 2.17. The van der Waals surface area contributed by atoms with Crippen LogP contribution in [0.25, 0.3) is 22.4 Å². The highest BCUT2D eigenvalue weighted by atomic mass is 14.9. The Hall–Kier alpha value is -2.29. The molecule has 3 rings (SSSR count). The summed E-state index contributed by atoms with van der Waals surface area (Å²) < 4.78 is 0. The van der Waals surface area contributed by atoms with Gasteiger partial charge in [0.05, 0.1) is 11.0 Å². The van der Waals surface area contributed by atoms with Gasteiger partial charge in [-0.1, -0.05) is 0 Å². The van der Waals surface area contributed by atoms with Gasteiger partial charge in [-0.25, -0.2) is 4.98 Å². The molecule has 0 atom stereocenters. The largest absolute Gasteiger partial charge is 0.399 e. The van der Waals surface area contributed by atoms with Crippen LogP contribution >= 0.6 is 0 Å². The van der Waals surface area contributed by atoms with Gasteiger partial charge in [-0.2, -0.15) is 0 Å². The summed E-state index contributed by atoms with van der Waals surface area (Å²) in [6.07, 6.45) is 0. The Kier molecular flexibility index (Phi) is 2.56. The van der Waals surface area contributed by atoms with Crippen LogP contribution in [0.15, 0.2) is 30.3 Å². The van der Waals surface area contributed by atoms with Crippen LogP contribution in [0.4, 0.5) is 5.69 Å². The molecule has 2 aromatic carbocycles. The number of imidazole rings is 1. The van der Waals surface area contributed by atoms with Crippen molar-refractivity contribution in [2.24, 2.45) is 0 Å². The quantitative estimate of drug-likeness (QED) is 0.647. The third kappa shape index (κ3) is 1.97. The lowest BCUT2D eigenvalue weighted by Crippen LogP contribution is -1.90. The summed E-state index contributed by atoms with van der Waals surface area (Å²) in [5.41, 5.74) is 13.4. The number of rotatable bonds is 1. The zero-order valence-electron chi connectivity index (χ0n) is 11.4. The van der Waals surface area contributed by atoms with Crippen molar-refractivity contribution >= 4 is 16.7 Å². The van der Waals surface area contributed by atoms with Crippen LogP contribution in [-0.4, -0.2) is 9.97 Å². The number of aromatic nitrogens is 2. The van der Waals surface area contributed by atoms with E-state index in [1.807, 2.05) is 19.1 Å². The maximum atomic E-state index is 5.85. The van der Waals surface area contributed by atoms with Crippen molar-refractivity contribution < 1.29 is 0 Å². The minimum Gasteiger partial charge on any atom is -0.399 e. The molecule has 96 valence electrons. The number of nitrogens with one attached hydrogen (secondary N) is 1. The normalized spacial score (nSPS) is 11.1. The van der Waals surface area contributed by atoms with Crippen molar-refractivity contribution in [3.05, 3.63) is 47.0 Å². The summed E-state index contributed by atoms with van der Waals surface area (Å²) in [6, 6.07) is 10.3. The highest BCUT2D eigenvalue weighted by Gasteiger charge is 2.07. The first-order valence-electron chi connectivity index (χ1n) is 6.38. The van der Waals surface area contributed by atoms with E-state index in [1.165, 1.54) is 11.1 Å². The Bertz CT molecular complexity index is 730. The van der Waals surface area contributed by atoms with Crippen LogP contribution in [0.1, 0.15) is 16.7 Å². The molecule has 0 aliphatic rings. The molecular weight excluding hydrogens is 234 g/mol. The number of aromatic amines is 1. The molecule has 0 bridgehead atoms. The predicted octanol–water partition coefficient (Wildman–Crippen LogP) is 3.74. The third-order valence-electron chi connectivity index (χ3n) is 3.64. The molecule has 3 N–H and O–H groups in total. The van der Waals surface area contributed by atoms with Gasteiger partial charge in [0.2, 0.25) is 0 Å². The SMILES string of the molecule is Cc1cc2nc(-c3ccc(N)c(C)c3)[nH]c2cc1C. The van der Waals surface area contributed by atoms with Crippen LogP contribution in [0.3, 0.4) is 0 Å². The van der Waals surface area contributed by atoms with Crippen LogP contribution < -0.4 is 5.73 Å². The Morgan fingerprint density at radius 1 is 0.947 bits per heavy atom. The van der Waals surface area contributed by atoms with E-state index >= 15 is 0 Å². The van der Waals surface area contributed by atoms with Gasteiger partial charge < -0.3 is 10.7 Å². The molecule has 3 aromatic rings. The van der Waals surface area contributed by atoms with E-state index in [4.69, 9.17) is 5.73 Å². The lowest BCUT2D eigenvalue weighted by Gasteiger charge is -2.01. The molecular formula is C16H17N3. The van der Waals surface area contributed by atoms with Gasteiger partial charge in [-0.05, 0) is 67.8 Å². The minimum absolute atomic E-state index is 0.812. The highest BCUT2D eigenvalue weighted by molar-refractivity contribution is 5.81. The fourth-order valence-electron chi connectivity index (χ4n) is 2.23. The standard InChI is InChI=1S/C16H17N3/c1-9-7-14-15(8-10(9)2)19-16(18-14)12-4-5-13(17)11(3)6-12/h4-8H,17H2,1-3H3,(H,18,19). The third-order valence-corrected chi connectivity index (χ3v) is 3.64.